The summed E-state index contributed by atoms with van der Waals surface area (Å²) in [6.07, 6.45) is 6.23. The summed E-state index contributed by atoms with van der Waals surface area (Å²) in [5, 5.41) is 10.6. The Morgan fingerprint density at radius 1 is 1.06 bits per heavy atom. The van der Waals surface area contributed by atoms with Gasteiger partial charge in [0, 0.05) is 42.7 Å². The van der Waals surface area contributed by atoms with Crippen LogP contribution in [0.5, 0.6) is 0 Å². The van der Waals surface area contributed by atoms with Gasteiger partial charge in [-0.05, 0) is 68.2 Å². The zero-order valence-electron chi connectivity index (χ0n) is 19.5. The highest BCUT2D eigenvalue weighted by Gasteiger charge is 2.22. The van der Waals surface area contributed by atoms with Crippen LogP contribution in [-0.4, -0.2) is 48.9 Å². The number of fused-ring (bicyclic) bond motifs is 1. The number of urea groups is 1. The topological polar surface area (TPSA) is 82.2 Å². The van der Waals surface area contributed by atoms with Gasteiger partial charge in [0.05, 0.1) is 5.52 Å². The summed E-state index contributed by atoms with van der Waals surface area (Å²) in [6, 6.07) is 16.2. The quantitative estimate of drug-likeness (QED) is 0.417. The zero-order chi connectivity index (χ0) is 23.2. The van der Waals surface area contributed by atoms with E-state index in [1.54, 1.807) is 11.8 Å². The van der Waals surface area contributed by atoms with Crippen molar-refractivity contribution in [3.63, 3.8) is 0 Å². The summed E-state index contributed by atoms with van der Waals surface area (Å²) in [5.41, 5.74) is 1.77. The molecule has 8 heteroatoms. The maximum atomic E-state index is 12.3. The van der Waals surface area contributed by atoms with E-state index in [1.807, 2.05) is 67.7 Å². The lowest BCUT2D eigenvalue weighted by atomic mass is 9.86. The molecule has 0 spiro atoms. The van der Waals surface area contributed by atoms with Crippen LogP contribution in [0.2, 0.25) is 0 Å². The van der Waals surface area contributed by atoms with Crippen LogP contribution < -0.4 is 20.9 Å². The molecule has 1 heterocycles. The maximum Gasteiger partial charge on any atom is 0.319 e. The summed E-state index contributed by atoms with van der Waals surface area (Å²) in [6.45, 7) is 0.692. The van der Waals surface area contributed by atoms with Gasteiger partial charge in [-0.25, -0.2) is 9.78 Å². The van der Waals surface area contributed by atoms with Gasteiger partial charge in [0.1, 0.15) is 5.82 Å². The second-order valence-electron chi connectivity index (χ2n) is 8.71. The average molecular weight is 465 g/mol. The number of nitrogens with one attached hydrogen (secondary N) is 3. The van der Waals surface area contributed by atoms with Gasteiger partial charge in [0.2, 0.25) is 5.95 Å². The molecule has 174 valence electrons. The van der Waals surface area contributed by atoms with Crippen molar-refractivity contribution in [2.75, 3.05) is 42.4 Å². The number of hydrogen-bond donors (Lipinski definition) is 3. The van der Waals surface area contributed by atoms with Gasteiger partial charge in [-0.15, -0.1) is 11.8 Å². The molecule has 1 saturated carbocycles. The molecule has 0 bridgehead atoms. The average Bonchev–Trinajstić information content (AvgIpc) is 2.83. The largest absolute Gasteiger partial charge is 0.362 e. The Kier molecular flexibility index (Phi) is 7.54. The molecule has 1 aliphatic carbocycles. The van der Waals surface area contributed by atoms with Gasteiger partial charge in [-0.2, -0.15) is 4.98 Å². The lowest BCUT2D eigenvalue weighted by molar-refractivity contribution is 0.246. The number of amides is 2. The normalized spacial score (nSPS) is 18.0. The van der Waals surface area contributed by atoms with E-state index in [0.29, 0.717) is 24.5 Å². The standard InChI is InChI=1S/C25H32N6OS/c1-31(2)23-21-9-4-5-10-22(21)29-24(30-23)27-18-13-11-17(12-14-18)16-26-25(32)28-19-7-6-8-20(15-19)33-3/h4-10,15,17-18H,11-14,16H2,1-3H3,(H2,26,28,32)(H,27,29,30)/t17-,18+. The highest BCUT2D eigenvalue weighted by atomic mass is 32.2. The van der Waals surface area contributed by atoms with Gasteiger partial charge in [0.25, 0.3) is 0 Å². The van der Waals surface area contributed by atoms with Gasteiger partial charge in [-0.1, -0.05) is 18.2 Å². The third-order valence-corrected chi connectivity index (χ3v) is 6.79. The fourth-order valence-corrected chi connectivity index (χ4v) is 4.73. The van der Waals surface area contributed by atoms with Crippen LogP contribution in [-0.2, 0) is 0 Å². The highest BCUT2D eigenvalue weighted by Crippen LogP contribution is 2.28. The lowest BCUT2D eigenvalue weighted by Crippen LogP contribution is -2.36. The molecule has 2 aromatic carbocycles. The molecule has 0 atom stereocenters. The number of benzene rings is 2. The Morgan fingerprint density at radius 3 is 2.61 bits per heavy atom. The molecule has 4 rings (SSSR count). The Labute approximate surface area is 199 Å². The van der Waals surface area contributed by atoms with Crippen LogP contribution in [0.25, 0.3) is 10.9 Å². The Hall–Kier alpha value is -3.00. The van der Waals surface area contributed by atoms with E-state index in [4.69, 9.17) is 9.97 Å². The van der Waals surface area contributed by atoms with Crippen LogP contribution >= 0.6 is 11.8 Å². The second-order valence-corrected chi connectivity index (χ2v) is 9.59. The minimum atomic E-state index is -0.144. The number of hydrogen-bond acceptors (Lipinski definition) is 6. The number of aromatic nitrogens is 2. The molecule has 0 saturated heterocycles. The first-order valence-electron chi connectivity index (χ1n) is 11.4. The Bertz CT molecular complexity index is 1100. The third-order valence-electron chi connectivity index (χ3n) is 6.07. The van der Waals surface area contributed by atoms with Crippen molar-refractivity contribution in [1.29, 1.82) is 0 Å². The number of carbonyl (C=O) groups excluding carboxylic acids is 1. The summed E-state index contributed by atoms with van der Waals surface area (Å²) < 4.78 is 0. The SMILES string of the molecule is CSc1cccc(NC(=O)NC[C@H]2CC[C@@H](Nc3nc(N(C)C)c4ccccc4n3)CC2)c1. The molecule has 2 amide bonds. The predicted octanol–water partition coefficient (Wildman–Crippen LogP) is 5.21. The van der Waals surface area contributed by atoms with Gasteiger partial charge in [0.15, 0.2) is 0 Å². The predicted molar refractivity (Wildman–Crippen MR) is 138 cm³/mol. The molecule has 0 radical (unpaired) electrons. The van der Waals surface area contributed by atoms with Crippen molar-refractivity contribution in [2.45, 2.75) is 36.6 Å². The zero-order valence-corrected chi connectivity index (χ0v) is 20.3. The third kappa shape index (κ3) is 6.07. The van der Waals surface area contributed by atoms with Gasteiger partial charge < -0.3 is 20.9 Å². The van der Waals surface area contributed by atoms with Crippen molar-refractivity contribution in [3.05, 3.63) is 48.5 Å². The van der Waals surface area contributed by atoms with E-state index in [1.165, 1.54) is 0 Å². The summed E-state index contributed by atoms with van der Waals surface area (Å²) >= 11 is 1.66. The molecule has 3 aromatic rings. The smallest absolute Gasteiger partial charge is 0.319 e. The number of para-hydroxylation sites is 1. The highest BCUT2D eigenvalue weighted by molar-refractivity contribution is 7.98. The number of rotatable bonds is 7. The van der Waals surface area contributed by atoms with Crippen molar-refractivity contribution in [1.82, 2.24) is 15.3 Å². The summed E-state index contributed by atoms with van der Waals surface area (Å²) in [4.78, 5) is 24.9. The Morgan fingerprint density at radius 2 is 1.85 bits per heavy atom. The van der Waals surface area contributed by atoms with Gasteiger partial charge >= 0.3 is 6.03 Å². The minimum Gasteiger partial charge on any atom is -0.362 e. The first kappa shape index (κ1) is 23.2. The second kappa shape index (κ2) is 10.7. The molecular formula is C25H32N6OS. The van der Waals surface area contributed by atoms with E-state index in [2.05, 4.69) is 22.0 Å². The Balaban J connectivity index is 1.26. The molecule has 7 nitrogen and oxygen atoms in total. The molecular weight excluding hydrogens is 432 g/mol. The number of carbonyl (C=O) groups is 1. The maximum absolute atomic E-state index is 12.3. The van der Waals surface area contributed by atoms with E-state index in [0.717, 1.165) is 53.0 Å². The fourth-order valence-electron chi connectivity index (χ4n) is 4.27. The minimum absolute atomic E-state index is 0.144. The van der Waals surface area contributed by atoms with Crippen LogP contribution in [0.4, 0.5) is 22.2 Å². The van der Waals surface area contributed by atoms with E-state index in [9.17, 15) is 4.79 Å². The lowest BCUT2D eigenvalue weighted by Gasteiger charge is -2.29. The van der Waals surface area contributed by atoms with E-state index >= 15 is 0 Å². The van der Waals surface area contributed by atoms with E-state index < -0.39 is 0 Å². The van der Waals surface area contributed by atoms with E-state index in [-0.39, 0.29) is 6.03 Å². The molecule has 1 aliphatic rings. The van der Waals surface area contributed by atoms with Crippen LogP contribution in [0, 0.1) is 5.92 Å². The molecule has 3 N–H and O–H groups in total. The summed E-state index contributed by atoms with van der Waals surface area (Å²) in [7, 11) is 4.01. The molecule has 0 aliphatic heterocycles. The molecule has 1 aromatic heterocycles. The van der Waals surface area contributed by atoms with Crippen molar-refractivity contribution in [2.24, 2.45) is 5.92 Å². The monoisotopic (exact) mass is 464 g/mol. The first-order valence-corrected chi connectivity index (χ1v) is 12.6. The number of thioether (sulfide) groups is 1. The van der Waals surface area contributed by atoms with Crippen LogP contribution in [0.1, 0.15) is 25.7 Å². The van der Waals surface area contributed by atoms with Crippen molar-refractivity contribution in [3.8, 4) is 0 Å². The van der Waals surface area contributed by atoms with Crippen molar-refractivity contribution < 1.29 is 4.79 Å². The summed E-state index contributed by atoms with van der Waals surface area (Å²) in [5.74, 6) is 2.10. The first-order chi connectivity index (χ1) is 16.0. The molecule has 33 heavy (non-hydrogen) atoms. The number of anilines is 3. The van der Waals surface area contributed by atoms with Crippen molar-refractivity contribution >= 4 is 46.1 Å². The van der Waals surface area contributed by atoms with Crippen LogP contribution in [0.3, 0.4) is 0 Å². The van der Waals surface area contributed by atoms with Gasteiger partial charge in [-0.3, -0.25) is 0 Å². The number of nitrogens with zero attached hydrogens (tertiary/aromatic N) is 3. The van der Waals surface area contributed by atoms with Crippen LogP contribution in [0.15, 0.2) is 53.4 Å². The fraction of sp³-hybridized carbons (Fsp3) is 0.400. The molecule has 0 unspecified atom stereocenters. The molecule has 1 fully saturated rings.